The Labute approximate surface area is 171 Å². The molecule has 9 heteroatoms. The van der Waals surface area contributed by atoms with Crippen molar-refractivity contribution >= 4 is 22.0 Å². The smallest absolute Gasteiger partial charge is 0.416 e. The van der Waals surface area contributed by atoms with E-state index in [0.29, 0.717) is 5.39 Å². The second kappa shape index (κ2) is 6.69. The van der Waals surface area contributed by atoms with E-state index in [0.717, 1.165) is 27.8 Å². The van der Waals surface area contributed by atoms with Gasteiger partial charge >= 0.3 is 17.5 Å². The Morgan fingerprint density at radius 1 is 0.968 bits per heavy atom. The van der Waals surface area contributed by atoms with E-state index < -0.39 is 23.1 Å². The van der Waals surface area contributed by atoms with Gasteiger partial charge < -0.3 is 4.42 Å². The van der Waals surface area contributed by atoms with Crippen LogP contribution in [0, 0.1) is 0 Å². The van der Waals surface area contributed by atoms with Crippen molar-refractivity contribution in [2.45, 2.75) is 6.18 Å². The molecule has 0 unspecified atom stereocenters. The first-order chi connectivity index (χ1) is 14.8. The maximum atomic E-state index is 13.2. The van der Waals surface area contributed by atoms with E-state index in [4.69, 9.17) is 4.42 Å². The van der Waals surface area contributed by atoms with Crippen LogP contribution in [-0.4, -0.2) is 14.5 Å². The summed E-state index contributed by atoms with van der Waals surface area (Å²) >= 11 is 0. The molecule has 0 saturated heterocycles. The fourth-order valence-corrected chi connectivity index (χ4v) is 3.57. The number of hydrogen-bond acceptors (Lipinski definition) is 4. The lowest BCUT2D eigenvalue weighted by molar-refractivity contribution is -0.137. The number of nitrogens with one attached hydrogen (secondary N) is 1. The summed E-state index contributed by atoms with van der Waals surface area (Å²) in [5, 5.41) is 0.395. The molecule has 2 aromatic carbocycles. The van der Waals surface area contributed by atoms with Crippen LogP contribution in [0.3, 0.4) is 0 Å². The van der Waals surface area contributed by atoms with Crippen LogP contribution in [0.4, 0.5) is 13.2 Å². The Morgan fingerprint density at radius 3 is 2.55 bits per heavy atom. The van der Waals surface area contributed by atoms with Crippen molar-refractivity contribution in [3.05, 3.63) is 93.5 Å². The van der Waals surface area contributed by atoms with Crippen LogP contribution in [0.25, 0.3) is 38.8 Å². The first-order valence-corrected chi connectivity index (χ1v) is 9.12. The van der Waals surface area contributed by atoms with Crippen LogP contribution in [0.15, 0.2) is 81.0 Å². The summed E-state index contributed by atoms with van der Waals surface area (Å²) in [7, 11) is 0. The molecule has 6 nitrogen and oxygen atoms in total. The second-order valence-corrected chi connectivity index (χ2v) is 6.88. The molecule has 0 spiro atoms. The number of imidazole rings is 1. The highest BCUT2D eigenvalue weighted by atomic mass is 19.4. The summed E-state index contributed by atoms with van der Waals surface area (Å²) in [5.41, 5.74) is -0.739. The zero-order valence-electron chi connectivity index (χ0n) is 15.6. The Kier molecular flexibility index (Phi) is 4.07. The average molecular weight is 423 g/mol. The van der Waals surface area contributed by atoms with E-state index >= 15 is 0 Å². The molecule has 3 aromatic heterocycles. The van der Waals surface area contributed by atoms with Crippen LogP contribution in [-0.2, 0) is 6.18 Å². The molecular formula is C22H12F3N3O3. The number of fused-ring (bicyclic) bond motifs is 3. The van der Waals surface area contributed by atoms with Crippen LogP contribution in [0.1, 0.15) is 5.56 Å². The normalized spacial score (nSPS) is 12.0. The van der Waals surface area contributed by atoms with Gasteiger partial charge in [-0.2, -0.15) is 13.2 Å². The lowest BCUT2D eigenvalue weighted by Crippen LogP contribution is -2.15. The van der Waals surface area contributed by atoms with Crippen molar-refractivity contribution in [1.82, 2.24) is 14.5 Å². The van der Waals surface area contributed by atoms with Crippen molar-refractivity contribution in [1.29, 1.82) is 0 Å². The Morgan fingerprint density at radius 2 is 1.81 bits per heavy atom. The molecule has 0 aliphatic carbocycles. The van der Waals surface area contributed by atoms with Gasteiger partial charge in [-0.3, -0.25) is 14.5 Å². The van der Waals surface area contributed by atoms with Gasteiger partial charge in [-0.1, -0.05) is 18.2 Å². The molecule has 5 rings (SSSR count). The van der Waals surface area contributed by atoms with Gasteiger partial charge in [-0.15, -0.1) is 0 Å². The molecule has 3 heterocycles. The Bertz CT molecular complexity index is 1560. The van der Waals surface area contributed by atoms with Crippen LogP contribution >= 0.6 is 0 Å². The fraction of sp³-hybridized carbons (Fsp3) is 0.0455. The monoisotopic (exact) mass is 423 g/mol. The highest BCUT2D eigenvalue weighted by Gasteiger charge is 2.31. The molecule has 0 radical (unpaired) electrons. The number of halogens is 3. The highest BCUT2D eigenvalue weighted by molar-refractivity contribution is 6.03. The van der Waals surface area contributed by atoms with Gasteiger partial charge in [0.25, 0.3) is 0 Å². The van der Waals surface area contributed by atoms with E-state index in [1.54, 1.807) is 36.7 Å². The van der Waals surface area contributed by atoms with Crippen molar-refractivity contribution in [3.63, 3.8) is 0 Å². The third kappa shape index (κ3) is 3.10. The van der Waals surface area contributed by atoms with Gasteiger partial charge in [0.05, 0.1) is 16.8 Å². The van der Waals surface area contributed by atoms with Crippen molar-refractivity contribution in [3.8, 4) is 16.8 Å². The largest absolute Gasteiger partial charge is 0.421 e. The summed E-state index contributed by atoms with van der Waals surface area (Å²) in [4.78, 5) is 31.6. The lowest BCUT2D eigenvalue weighted by Gasteiger charge is -2.10. The molecule has 0 amide bonds. The van der Waals surface area contributed by atoms with E-state index in [9.17, 15) is 22.8 Å². The Balaban J connectivity index is 1.87. The van der Waals surface area contributed by atoms with Gasteiger partial charge in [0.1, 0.15) is 5.58 Å². The van der Waals surface area contributed by atoms with E-state index in [1.165, 1.54) is 12.1 Å². The summed E-state index contributed by atoms with van der Waals surface area (Å²) in [5.74, 6) is 0. The van der Waals surface area contributed by atoms with Gasteiger partial charge in [-0.05, 0) is 42.0 Å². The Hall–Kier alpha value is -4.14. The summed E-state index contributed by atoms with van der Waals surface area (Å²) < 4.78 is 46.0. The minimum atomic E-state index is -4.58. The number of nitrogens with zero attached hydrogens (tertiary/aromatic N) is 2. The van der Waals surface area contributed by atoms with Crippen molar-refractivity contribution in [2.24, 2.45) is 0 Å². The number of aromatic nitrogens is 3. The molecule has 0 bridgehead atoms. The minimum absolute atomic E-state index is 0.0234. The summed E-state index contributed by atoms with van der Waals surface area (Å²) in [6.45, 7) is 0. The van der Waals surface area contributed by atoms with Crippen LogP contribution < -0.4 is 11.3 Å². The number of aromatic amines is 1. The minimum Gasteiger partial charge on any atom is -0.421 e. The second-order valence-electron chi connectivity index (χ2n) is 6.88. The molecule has 0 aliphatic heterocycles. The number of rotatable bonds is 2. The van der Waals surface area contributed by atoms with Crippen LogP contribution in [0.5, 0.6) is 0 Å². The van der Waals surface area contributed by atoms with Crippen molar-refractivity contribution in [2.75, 3.05) is 0 Å². The topological polar surface area (TPSA) is 80.9 Å². The van der Waals surface area contributed by atoms with Gasteiger partial charge in [0.2, 0.25) is 0 Å². The summed E-state index contributed by atoms with van der Waals surface area (Å²) in [6.07, 6.45) is -1.31. The molecule has 1 N–H and O–H groups in total. The zero-order valence-corrected chi connectivity index (χ0v) is 15.6. The first-order valence-electron chi connectivity index (χ1n) is 9.12. The molecule has 0 aliphatic rings. The number of hydrogen-bond donors (Lipinski definition) is 1. The first kappa shape index (κ1) is 18.9. The quantitative estimate of drug-likeness (QED) is 0.424. The third-order valence-electron chi connectivity index (χ3n) is 4.96. The van der Waals surface area contributed by atoms with E-state index in [-0.39, 0.29) is 22.3 Å². The molecule has 154 valence electrons. The third-order valence-corrected chi connectivity index (χ3v) is 4.96. The molecule has 31 heavy (non-hydrogen) atoms. The number of H-pyrrole nitrogens is 1. The van der Waals surface area contributed by atoms with Gasteiger partial charge in [0, 0.05) is 23.3 Å². The fourth-order valence-electron chi connectivity index (χ4n) is 3.57. The number of alkyl halides is 3. The molecule has 5 aromatic rings. The standard InChI is InChI=1S/C22H12F3N3O3/c23-22(24,25)14-4-1-5-15(10-14)28-19-16-9-12(13-3-2-8-26-11-13)6-7-17(16)31-20(29)18(19)27-21(28)30/h1-11H,(H,27,30). The maximum Gasteiger partial charge on any atom is 0.416 e. The van der Waals surface area contributed by atoms with Gasteiger partial charge in [0.15, 0.2) is 5.52 Å². The number of pyridine rings is 1. The lowest BCUT2D eigenvalue weighted by atomic mass is 10.0. The predicted octanol–water partition coefficient (Wildman–Crippen LogP) is 4.51. The predicted molar refractivity (Wildman–Crippen MR) is 108 cm³/mol. The highest BCUT2D eigenvalue weighted by Crippen LogP contribution is 2.32. The van der Waals surface area contributed by atoms with E-state index in [1.807, 2.05) is 6.07 Å². The van der Waals surface area contributed by atoms with Gasteiger partial charge in [-0.25, -0.2) is 9.59 Å². The molecular weight excluding hydrogens is 411 g/mol. The SMILES string of the molecule is O=c1oc2ccc(-c3cccnc3)cc2c2c1[nH]c(=O)n2-c1cccc(C(F)(F)F)c1. The number of benzene rings is 2. The average Bonchev–Trinajstić information content (AvgIpc) is 3.12. The molecule has 0 saturated carbocycles. The van der Waals surface area contributed by atoms with Crippen molar-refractivity contribution < 1.29 is 17.6 Å². The maximum absolute atomic E-state index is 13.2. The van der Waals surface area contributed by atoms with E-state index in [2.05, 4.69) is 9.97 Å². The zero-order chi connectivity index (χ0) is 21.8. The molecule has 0 fully saturated rings. The summed E-state index contributed by atoms with van der Waals surface area (Å²) in [6, 6.07) is 13.0. The van der Waals surface area contributed by atoms with Crippen LogP contribution in [0.2, 0.25) is 0 Å². The molecule has 0 atom stereocenters.